The standard InChI is InChI=1S/C17H17Cl2NO3/c1-10(12-5-3-2-4-6-12)20-15(17(22)23)9-11-7-13(18)16(21)14(19)8-11/h2-8,10,15,20-21H,9H2,1H3,(H,22,23)/t10-,15+/m1/s1. The van der Waals surface area contributed by atoms with E-state index < -0.39 is 12.0 Å². The fraction of sp³-hybridized carbons (Fsp3) is 0.235. The third kappa shape index (κ3) is 4.61. The topological polar surface area (TPSA) is 69.6 Å². The van der Waals surface area contributed by atoms with Crippen molar-refractivity contribution in [2.45, 2.75) is 25.4 Å². The second kappa shape index (κ2) is 7.68. The molecule has 0 bridgehead atoms. The van der Waals surface area contributed by atoms with E-state index in [1.807, 2.05) is 37.3 Å². The van der Waals surface area contributed by atoms with E-state index in [0.29, 0.717) is 5.56 Å². The van der Waals surface area contributed by atoms with E-state index in [1.165, 1.54) is 12.1 Å². The Hall–Kier alpha value is -1.75. The number of hydrogen-bond acceptors (Lipinski definition) is 3. The van der Waals surface area contributed by atoms with Crippen molar-refractivity contribution >= 4 is 29.2 Å². The lowest BCUT2D eigenvalue weighted by Crippen LogP contribution is -2.40. The van der Waals surface area contributed by atoms with Crippen LogP contribution in [0.4, 0.5) is 0 Å². The van der Waals surface area contributed by atoms with Gasteiger partial charge in [0.05, 0.1) is 10.0 Å². The van der Waals surface area contributed by atoms with Crippen LogP contribution in [-0.2, 0) is 11.2 Å². The Labute approximate surface area is 144 Å². The van der Waals surface area contributed by atoms with Crippen molar-refractivity contribution in [2.24, 2.45) is 0 Å². The van der Waals surface area contributed by atoms with Gasteiger partial charge in [-0.05, 0) is 36.6 Å². The molecule has 0 aliphatic rings. The molecular weight excluding hydrogens is 337 g/mol. The van der Waals surface area contributed by atoms with E-state index in [-0.39, 0.29) is 28.3 Å². The van der Waals surface area contributed by atoms with Crippen molar-refractivity contribution in [3.8, 4) is 5.75 Å². The molecule has 2 aromatic rings. The summed E-state index contributed by atoms with van der Waals surface area (Å²) in [5, 5.41) is 22.3. The van der Waals surface area contributed by atoms with Gasteiger partial charge >= 0.3 is 5.97 Å². The zero-order chi connectivity index (χ0) is 17.0. The Morgan fingerprint density at radius 3 is 2.26 bits per heavy atom. The summed E-state index contributed by atoms with van der Waals surface area (Å²) in [5.41, 5.74) is 1.64. The smallest absolute Gasteiger partial charge is 0.321 e. The first-order valence-corrected chi connectivity index (χ1v) is 7.84. The second-order valence-electron chi connectivity index (χ2n) is 5.30. The summed E-state index contributed by atoms with van der Waals surface area (Å²) in [6.45, 7) is 1.90. The van der Waals surface area contributed by atoms with Crippen molar-refractivity contribution in [1.82, 2.24) is 5.32 Å². The van der Waals surface area contributed by atoms with Crippen LogP contribution in [0, 0.1) is 0 Å². The normalized spacial score (nSPS) is 13.5. The highest BCUT2D eigenvalue weighted by atomic mass is 35.5. The Morgan fingerprint density at radius 1 is 1.17 bits per heavy atom. The van der Waals surface area contributed by atoms with Gasteiger partial charge in [0, 0.05) is 6.04 Å². The molecule has 0 spiro atoms. The lowest BCUT2D eigenvalue weighted by Gasteiger charge is -2.21. The van der Waals surface area contributed by atoms with Gasteiger partial charge < -0.3 is 10.2 Å². The number of phenols is 1. The van der Waals surface area contributed by atoms with Gasteiger partial charge in [0.15, 0.2) is 5.75 Å². The molecule has 0 saturated heterocycles. The van der Waals surface area contributed by atoms with Crippen LogP contribution in [0.3, 0.4) is 0 Å². The summed E-state index contributed by atoms with van der Waals surface area (Å²) in [5.74, 6) is -1.16. The fourth-order valence-electron chi connectivity index (χ4n) is 2.33. The molecule has 0 saturated carbocycles. The number of carboxylic acid groups (broad SMARTS) is 1. The molecule has 122 valence electrons. The summed E-state index contributed by atoms with van der Waals surface area (Å²) in [6.07, 6.45) is 0.201. The molecule has 2 aromatic carbocycles. The maximum atomic E-state index is 11.5. The summed E-state index contributed by atoms with van der Waals surface area (Å²) >= 11 is 11.8. The number of benzene rings is 2. The maximum absolute atomic E-state index is 11.5. The van der Waals surface area contributed by atoms with Gasteiger partial charge in [-0.15, -0.1) is 0 Å². The van der Waals surface area contributed by atoms with Crippen molar-refractivity contribution in [1.29, 1.82) is 0 Å². The van der Waals surface area contributed by atoms with E-state index in [4.69, 9.17) is 23.2 Å². The molecule has 0 unspecified atom stereocenters. The molecule has 0 amide bonds. The van der Waals surface area contributed by atoms with Gasteiger partial charge in [0.25, 0.3) is 0 Å². The largest absolute Gasteiger partial charge is 0.505 e. The van der Waals surface area contributed by atoms with Crippen LogP contribution >= 0.6 is 23.2 Å². The third-order valence-electron chi connectivity index (χ3n) is 3.57. The van der Waals surface area contributed by atoms with E-state index in [1.54, 1.807) is 0 Å². The first-order chi connectivity index (χ1) is 10.9. The molecule has 23 heavy (non-hydrogen) atoms. The molecule has 2 rings (SSSR count). The predicted molar refractivity (Wildman–Crippen MR) is 91.2 cm³/mol. The molecule has 0 aliphatic carbocycles. The van der Waals surface area contributed by atoms with Crippen LogP contribution < -0.4 is 5.32 Å². The van der Waals surface area contributed by atoms with E-state index >= 15 is 0 Å². The number of halogens is 2. The minimum atomic E-state index is -0.965. The highest BCUT2D eigenvalue weighted by Crippen LogP contribution is 2.33. The number of hydrogen-bond donors (Lipinski definition) is 3. The molecular formula is C17H17Cl2NO3. The van der Waals surface area contributed by atoms with Crippen molar-refractivity contribution in [2.75, 3.05) is 0 Å². The SMILES string of the molecule is C[C@@H](N[C@@H](Cc1cc(Cl)c(O)c(Cl)c1)C(=O)O)c1ccccc1. The summed E-state index contributed by atoms with van der Waals surface area (Å²) < 4.78 is 0. The van der Waals surface area contributed by atoms with Crippen LogP contribution in [0.1, 0.15) is 24.1 Å². The lowest BCUT2D eigenvalue weighted by atomic mass is 10.0. The van der Waals surface area contributed by atoms with Gasteiger partial charge in [-0.2, -0.15) is 0 Å². The quantitative estimate of drug-likeness (QED) is 0.732. The first kappa shape index (κ1) is 17.6. The monoisotopic (exact) mass is 353 g/mol. The number of rotatable bonds is 6. The molecule has 4 nitrogen and oxygen atoms in total. The molecule has 0 radical (unpaired) electrons. The molecule has 3 N–H and O–H groups in total. The molecule has 0 fully saturated rings. The number of aliphatic carboxylic acids is 1. The maximum Gasteiger partial charge on any atom is 0.321 e. The second-order valence-corrected chi connectivity index (χ2v) is 6.12. The Kier molecular flexibility index (Phi) is 5.88. The van der Waals surface area contributed by atoms with E-state index in [2.05, 4.69) is 5.32 Å². The highest BCUT2D eigenvalue weighted by molar-refractivity contribution is 6.37. The Morgan fingerprint density at radius 2 is 1.74 bits per heavy atom. The average Bonchev–Trinajstić information content (AvgIpc) is 2.52. The van der Waals surface area contributed by atoms with Crippen LogP contribution in [0.15, 0.2) is 42.5 Å². The van der Waals surface area contributed by atoms with Gasteiger partial charge in [0.1, 0.15) is 6.04 Å². The van der Waals surface area contributed by atoms with Crippen molar-refractivity contribution in [3.63, 3.8) is 0 Å². The first-order valence-electron chi connectivity index (χ1n) is 7.09. The minimum absolute atomic E-state index is 0.104. The van der Waals surface area contributed by atoms with Crippen molar-refractivity contribution < 1.29 is 15.0 Å². The summed E-state index contributed by atoms with van der Waals surface area (Å²) in [4.78, 5) is 11.5. The van der Waals surface area contributed by atoms with Crippen LogP contribution in [0.2, 0.25) is 10.0 Å². The zero-order valence-corrected chi connectivity index (χ0v) is 14.0. The Bertz CT molecular complexity index is 668. The van der Waals surface area contributed by atoms with E-state index in [9.17, 15) is 15.0 Å². The lowest BCUT2D eigenvalue weighted by molar-refractivity contribution is -0.139. The number of phenolic OH excluding ortho intramolecular Hbond substituents is 1. The molecule has 0 heterocycles. The third-order valence-corrected chi connectivity index (χ3v) is 4.14. The number of carboxylic acids is 1. The van der Waals surface area contributed by atoms with Gasteiger partial charge in [-0.25, -0.2) is 0 Å². The molecule has 0 aromatic heterocycles. The van der Waals surface area contributed by atoms with Gasteiger partial charge in [0.2, 0.25) is 0 Å². The predicted octanol–water partition coefficient (Wildman–Crippen LogP) is 4.05. The van der Waals surface area contributed by atoms with Crippen LogP contribution in [-0.4, -0.2) is 22.2 Å². The average molecular weight is 354 g/mol. The Balaban J connectivity index is 2.15. The number of nitrogens with one attached hydrogen (secondary N) is 1. The van der Waals surface area contributed by atoms with Gasteiger partial charge in [-0.1, -0.05) is 53.5 Å². The number of carbonyl (C=O) groups is 1. The summed E-state index contributed by atoms with van der Waals surface area (Å²) in [6, 6.07) is 11.7. The van der Waals surface area contributed by atoms with Crippen LogP contribution in [0.5, 0.6) is 5.75 Å². The minimum Gasteiger partial charge on any atom is -0.505 e. The van der Waals surface area contributed by atoms with Gasteiger partial charge in [-0.3, -0.25) is 10.1 Å². The molecule has 6 heteroatoms. The zero-order valence-electron chi connectivity index (χ0n) is 12.5. The number of aromatic hydroxyl groups is 1. The molecule has 2 atom stereocenters. The van der Waals surface area contributed by atoms with E-state index in [0.717, 1.165) is 5.56 Å². The summed E-state index contributed by atoms with van der Waals surface area (Å²) in [7, 11) is 0. The van der Waals surface area contributed by atoms with Crippen LogP contribution in [0.25, 0.3) is 0 Å². The fourth-order valence-corrected chi connectivity index (χ4v) is 2.86. The highest BCUT2D eigenvalue weighted by Gasteiger charge is 2.21. The van der Waals surface area contributed by atoms with Crippen molar-refractivity contribution in [3.05, 3.63) is 63.6 Å². The molecule has 0 aliphatic heterocycles.